The van der Waals surface area contributed by atoms with Crippen molar-refractivity contribution in [3.05, 3.63) is 92.5 Å². The second kappa shape index (κ2) is 6.61. The number of non-ortho nitro benzene ring substituents is 1. The molecule has 0 saturated heterocycles. The predicted octanol–water partition coefficient (Wildman–Crippen LogP) is 2.70. The third-order valence-electron chi connectivity index (χ3n) is 4.56. The van der Waals surface area contributed by atoms with Gasteiger partial charge in [-0.15, -0.1) is 0 Å². The van der Waals surface area contributed by atoms with E-state index in [-0.39, 0.29) is 23.1 Å². The molecule has 9 heteroatoms. The number of rotatable bonds is 4. The van der Waals surface area contributed by atoms with Crippen molar-refractivity contribution in [1.29, 1.82) is 0 Å². The Morgan fingerprint density at radius 3 is 2.56 bits per heavy atom. The van der Waals surface area contributed by atoms with Crippen molar-refractivity contribution >= 4 is 11.4 Å². The van der Waals surface area contributed by atoms with Gasteiger partial charge in [0.05, 0.1) is 22.5 Å². The van der Waals surface area contributed by atoms with E-state index in [2.05, 4.69) is 0 Å². The van der Waals surface area contributed by atoms with E-state index in [9.17, 15) is 20.2 Å². The van der Waals surface area contributed by atoms with Crippen LogP contribution in [0.5, 0.6) is 0 Å². The number of hydrogen-bond acceptors (Lipinski definition) is 5. The lowest BCUT2D eigenvalue weighted by Crippen LogP contribution is -2.29. The Hall–Kier alpha value is -3.59. The first kappa shape index (κ1) is 16.9. The Morgan fingerprint density at radius 1 is 1.07 bits per heavy atom. The fourth-order valence-electron chi connectivity index (χ4n) is 3.27. The molecule has 1 atom stereocenters. The van der Waals surface area contributed by atoms with Crippen molar-refractivity contribution in [3.8, 4) is 5.69 Å². The molecule has 0 radical (unpaired) electrons. The molecule has 0 saturated carbocycles. The molecule has 3 aromatic rings. The summed E-state index contributed by atoms with van der Waals surface area (Å²) in [5, 5.41) is 22.4. The number of nitro benzene ring substituents is 2. The normalized spacial score (nSPS) is 15.9. The van der Waals surface area contributed by atoms with Gasteiger partial charge in [-0.1, -0.05) is 30.3 Å². The summed E-state index contributed by atoms with van der Waals surface area (Å²) in [5.74, 6) is 0. The van der Waals surface area contributed by atoms with Crippen LogP contribution in [-0.2, 0) is 11.3 Å². The average molecular weight is 367 g/mol. The second-order valence-corrected chi connectivity index (χ2v) is 6.18. The smallest absolute Gasteiger partial charge is 0.322 e. The number of imidazole rings is 1. The number of aromatic nitrogens is 2. The lowest BCUT2D eigenvalue weighted by Gasteiger charge is -2.20. The zero-order chi connectivity index (χ0) is 19.0. The van der Waals surface area contributed by atoms with Gasteiger partial charge in [0.2, 0.25) is 12.0 Å². The van der Waals surface area contributed by atoms with Gasteiger partial charge in [-0.05, 0) is 11.6 Å². The maximum atomic E-state index is 11.4. The highest BCUT2D eigenvalue weighted by Crippen LogP contribution is 2.28. The van der Waals surface area contributed by atoms with E-state index in [0.717, 1.165) is 17.3 Å². The number of fused-ring (bicyclic) bond motifs is 1. The highest BCUT2D eigenvalue weighted by Gasteiger charge is 2.31. The molecule has 1 aliphatic heterocycles. The van der Waals surface area contributed by atoms with Crippen molar-refractivity contribution in [2.24, 2.45) is 0 Å². The second-order valence-electron chi connectivity index (χ2n) is 6.18. The minimum atomic E-state index is -0.647. The van der Waals surface area contributed by atoms with Crippen LogP contribution in [0, 0.1) is 20.2 Å². The Balaban J connectivity index is 1.80. The van der Waals surface area contributed by atoms with Gasteiger partial charge in [0, 0.05) is 6.07 Å². The molecule has 2 heterocycles. The molecule has 136 valence electrons. The van der Waals surface area contributed by atoms with Crippen LogP contribution in [0.3, 0.4) is 0 Å². The van der Waals surface area contributed by atoms with E-state index in [1.165, 1.54) is 12.1 Å². The minimum absolute atomic E-state index is 0.0479. The number of nitro groups is 2. The molecule has 27 heavy (non-hydrogen) atoms. The molecule has 1 aliphatic rings. The quantitative estimate of drug-likeness (QED) is 0.401. The summed E-state index contributed by atoms with van der Waals surface area (Å²) in [7, 11) is 0. The van der Waals surface area contributed by atoms with Crippen LogP contribution in [-0.4, -0.2) is 21.0 Å². The monoisotopic (exact) mass is 367 g/mol. The van der Waals surface area contributed by atoms with Crippen LogP contribution in [0.1, 0.15) is 17.3 Å². The van der Waals surface area contributed by atoms with Gasteiger partial charge in [0.15, 0.2) is 5.69 Å². The van der Waals surface area contributed by atoms with E-state index >= 15 is 0 Å². The topological polar surface area (TPSA) is 104 Å². The minimum Gasteiger partial charge on any atom is -0.368 e. The highest BCUT2D eigenvalue weighted by molar-refractivity contribution is 5.53. The molecule has 4 rings (SSSR count). The van der Waals surface area contributed by atoms with Gasteiger partial charge in [-0.25, -0.2) is 4.57 Å². The maximum absolute atomic E-state index is 11.4. The SMILES string of the molecule is O=[N+]([O-])c1ccc(-[n+]2cc3n(c2)[C@H](c2ccccc2)COC3)c([N+](=O)[O-])c1. The van der Waals surface area contributed by atoms with E-state index in [1.807, 2.05) is 34.9 Å². The highest BCUT2D eigenvalue weighted by atomic mass is 16.6. The molecule has 9 nitrogen and oxygen atoms in total. The van der Waals surface area contributed by atoms with Crippen molar-refractivity contribution < 1.29 is 19.2 Å². The largest absolute Gasteiger partial charge is 0.368 e. The Kier molecular flexibility index (Phi) is 4.13. The van der Waals surface area contributed by atoms with E-state index in [1.54, 1.807) is 17.1 Å². The van der Waals surface area contributed by atoms with Gasteiger partial charge in [0.1, 0.15) is 18.8 Å². The first-order chi connectivity index (χ1) is 13.0. The van der Waals surface area contributed by atoms with Gasteiger partial charge in [-0.2, -0.15) is 4.57 Å². The zero-order valence-electron chi connectivity index (χ0n) is 14.1. The van der Waals surface area contributed by atoms with Crippen molar-refractivity contribution in [1.82, 2.24) is 4.57 Å². The third-order valence-corrected chi connectivity index (χ3v) is 4.56. The van der Waals surface area contributed by atoms with Crippen molar-refractivity contribution in [2.45, 2.75) is 12.6 Å². The van der Waals surface area contributed by atoms with Gasteiger partial charge in [0.25, 0.3) is 5.69 Å². The summed E-state index contributed by atoms with van der Waals surface area (Å²) in [6.07, 6.45) is 3.52. The van der Waals surface area contributed by atoms with Crippen LogP contribution in [0.2, 0.25) is 0 Å². The summed E-state index contributed by atoms with van der Waals surface area (Å²) in [6.45, 7) is 0.880. The lowest BCUT2D eigenvalue weighted by atomic mass is 10.1. The summed E-state index contributed by atoms with van der Waals surface area (Å²) in [5.41, 5.74) is 1.55. The Bertz CT molecular complexity index is 1030. The summed E-state index contributed by atoms with van der Waals surface area (Å²) < 4.78 is 9.31. The van der Waals surface area contributed by atoms with Crippen LogP contribution in [0.4, 0.5) is 11.4 Å². The van der Waals surface area contributed by atoms with Crippen LogP contribution < -0.4 is 4.57 Å². The molecule has 0 spiro atoms. The number of nitrogens with zero attached hydrogens (tertiary/aromatic N) is 4. The van der Waals surface area contributed by atoms with Crippen molar-refractivity contribution in [2.75, 3.05) is 6.61 Å². The molecule has 0 unspecified atom stereocenters. The van der Waals surface area contributed by atoms with Crippen LogP contribution in [0.25, 0.3) is 5.69 Å². The van der Waals surface area contributed by atoms with Gasteiger partial charge < -0.3 is 4.74 Å². The summed E-state index contributed by atoms with van der Waals surface area (Å²) in [4.78, 5) is 21.1. The molecule has 1 aromatic heterocycles. The molecule has 0 aliphatic carbocycles. The molecule has 0 bridgehead atoms. The zero-order valence-corrected chi connectivity index (χ0v) is 14.1. The third kappa shape index (κ3) is 3.04. The number of ether oxygens (including phenoxy) is 1. The summed E-state index contributed by atoms with van der Waals surface area (Å²) in [6, 6.07) is 13.4. The standard InChI is InChI=1S/C18H15N4O5/c23-21(24)14-6-7-16(17(8-14)22(25)26)19-9-15-10-27-11-18(20(15)12-19)13-4-2-1-3-5-13/h1-9,12,18H,10-11H2/q+1/t18-/m0/s1. The van der Waals surface area contributed by atoms with E-state index in [4.69, 9.17) is 4.74 Å². The van der Waals surface area contributed by atoms with E-state index < -0.39 is 9.85 Å². The van der Waals surface area contributed by atoms with Crippen LogP contribution >= 0.6 is 0 Å². The fourth-order valence-corrected chi connectivity index (χ4v) is 3.27. The molecule has 2 aromatic carbocycles. The van der Waals surface area contributed by atoms with E-state index in [0.29, 0.717) is 13.2 Å². The van der Waals surface area contributed by atoms with Gasteiger partial charge in [-0.3, -0.25) is 20.2 Å². The lowest BCUT2D eigenvalue weighted by molar-refractivity contribution is -0.600. The molecule has 0 amide bonds. The molecule has 0 N–H and O–H groups in total. The first-order valence-electron chi connectivity index (χ1n) is 8.22. The first-order valence-corrected chi connectivity index (χ1v) is 8.22. The van der Waals surface area contributed by atoms with Gasteiger partial charge >= 0.3 is 5.69 Å². The summed E-state index contributed by atoms with van der Waals surface area (Å²) >= 11 is 0. The Morgan fingerprint density at radius 2 is 1.85 bits per heavy atom. The fraction of sp³-hybridized carbons (Fsp3) is 0.167. The van der Waals surface area contributed by atoms with Crippen molar-refractivity contribution in [3.63, 3.8) is 0 Å². The Labute approximate surface area is 153 Å². The predicted molar refractivity (Wildman–Crippen MR) is 93.5 cm³/mol. The maximum Gasteiger partial charge on any atom is 0.322 e. The molecular formula is C18H15N4O5+. The van der Waals surface area contributed by atoms with Crippen LogP contribution in [0.15, 0.2) is 61.1 Å². The molecular weight excluding hydrogens is 352 g/mol. The molecule has 0 fully saturated rings. The number of hydrogen-bond donors (Lipinski definition) is 0. The number of benzene rings is 2. The average Bonchev–Trinajstić information content (AvgIpc) is 3.12.